The molecule has 2 amide bonds. The molecular formula is C24H32N2O4. The fraction of sp³-hybridized carbons (Fsp3) is 0.417. The van der Waals surface area contributed by atoms with Gasteiger partial charge in [0.2, 0.25) is 5.91 Å². The smallest absolute Gasteiger partial charge is 0.261 e. The topological polar surface area (TPSA) is 67.9 Å². The normalized spacial score (nSPS) is 11.5. The Labute approximate surface area is 179 Å². The van der Waals surface area contributed by atoms with Gasteiger partial charge >= 0.3 is 0 Å². The number of nitrogens with zero attached hydrogens (tertiary/aromatic N) is 1. The maximum Gasteiger partial charge on any atom is 0.261 e. The number of likely N-dealkylation sites (N-methyl/N-ethyl adjacent to an activating group) is 1. The van der Waals surface area contributed by atoms with Gasteiger partial charge in [0.05, 0.1) is 7.11 Å². The lowest BCUT2D eigenvalue weighted by molar-refractivity contribution is -0.142. The molecule has 2 rings (SSSR count). The molecule has 6 heteroatoms. The first kappa shape index (κ1) is 23.3. The van der Waals surface area contributed by atoms with Gasteiger partial charge in [-0.1, -0.05) is 25.1 Å². The quantitative estimate of drug-likeness (QED) is 0.647. The van der Waals surface area contributed by atoms with E-state index < -0.39 is 6.04 Å². The number of amides is 2. The standard InChI is InChI=1S/C24H32N2O4/c1-6-22(24(28)25-7-2)26(15-19-9-12-20(29-5)13-10-19)23(27)16-30-21-11-8-17(3)18(4)14-21/h8-14,22H,6-7,15-16H2,1-5H3,(H,25,28)/t22-/m1/s1. The third-order valence-corrected chi connectivity index (χ3v) is 5.09. The van der Waals surface area contributed by atoms with E-state index in [0.29, 0.717) is 25.3 Å². The minimum Gasteiger partial charge on any atom is -0.497 e. The van der Waals surface area contributed by atoms with Crippen LogP contribution in [0.4, 0.5) is 0 Å². The molecule has 0 saturated carbocycles. The molecular weight excluding hydrogens is 380 g/mol. The van der Waals surface area contributed by atoms with E-state index in [9.17, 15) is 9.59 Å². The number of ether oxygens (including phenoxy) is 2. The van der Waals surface area contributed by atoms with Gasteiger partial charge in [0.15, 0.2) is 6.61 Å². The van der Waals surface area contributed by atoms with Gasteiger partial charge in [0, 0.05) is 13.1 Å². The molecule has 0 fully saturated rings. The number of aryl methyl sites for hydroxylation is 2. The number of hydrogen-bond acceptors (Lipinski definition) is 4. The summed E-state index contributed by atoms with van der Waals surface area (Å²) in [7, 11) is 1.61. The van der Waals surface area contributed by atoms with E-state index in [0.717, 1.165) is 22.4 Å². The first-order chi connectivity index (χ1) is 14.4. The Morgan fingerprint density at radius 1 is 1.00 bits per heavy atom. The SMILES string of the molecule is CCNC(=O)[C@@H](CC)N(Cc1ccc(OC)cc1)C(=O)COc1ccc(C)c(C)c1. The Hall–Kier alpha value is -3.02. The minimum atomic E-state index is -0.567. The average Bonchev–Trinajstić information content (AvgIpc) is 2.74. The van der Waals surface area contributed by atoms with E-state index in [4.69, 9.17) is 9.47 Å². The molecule has 0 aliphatic carbocycles. The van der Waals surface area contributed by atoms with Crippen LogP contribution in [0.5, 0.6) is 11.5 Å². The van der Waals surface area contributed by atoms with Crippen molar-refractivity contribution in [3.63, 3.8) is 0 Å². The highest BCUT2D eigenvalue weighted by molar-refractivity contribution is 5.88. The van der Waals surface area contributed by atoms with Gasteiger partial charge in [-0.3, -0.25) is 9.59 Å². The summed E-state index contributed by atoms with van der Waals surface area (Å²) in [4.78, 5) is 27.3. The second kappa shape index (κ2) is 11.2. The molecule has 2 aromatic rings. The highest BCUT2D eigenvalue weighted by Crippen LogP contribution is 2.19. The average molecular weight is 413 g/mol. The molecule has 0 radical (unpaired) electrons. The zero-order valence-corrected chi connectivity index (χ0v) is 18.5. The summed E-state index contributed by atoms with van der Waals surface area (Å²) in [6, 6.07) is 12.6. The summed E-state index contributed by atoms with van der Waals surface area (Å²) in [6.45, 7) is 8.49. The van der Waals surface area contributed by atoms with Crippen molar-refractivity contribution in [3.8, 4) is 11.5 Å². The van der Waals surface area contributed by atoms with Crippen LogP contribution in [0.2, 0.25) is 0 Å². The highest BCUT2D eigenvalue weighted by Gasteiger charge is 2.28. The van der Waals surface area contributed by atoms with Crippen molar-refractivity contribution < 1.29 is 19.1 Å². The fourth-order valence-corrected chi connectivity index (χ4v) is 3.17. The van der Waals surface area contributed by atoms with Gasteiger partial charge in [0.25, 0.3) is 5.91 Å². The van der Waals surface area contributed by atoms with Gasteiger partial charge in [0.1, 0.15) is 17.5 Å². The molecule has 0 heterocycles. The van der Waals surface area contributed by atoms with Crippen LogP contribution in [0.3, 0.4) is 0 Å². The first-order valence-corrected chi connectivity index (χ1v) is 10.3. The molecule has 0 bridgehead atoms. The zero-order chi connectivity index (χ0) is 22.1. The maximum absolute atomic E-state index is 13.1. The molecule has 0 aliphatic rings. The van der Waals surface area contributed by atoms with E-state index in [1.165, 1.54) is 0 Å². The molecule has 30 heavy (non-hydrogen) atoms. The summed E-state index contributed by atoms with van der Waals surface area (Å²) in [5, 5.41) is 2.83. The van der Waals surface area contributed by atoms with Crippen LogP contribution in [0, 0.1) is 13.8 Å². The van der Waals surface area contributed by atoms with Gasteiger partial charge in [-0.15, -0.1) is 0 Å². The van der Waals surface area contributed by atoms with Gasteiger partial charge in [-0.2, -0.15) is 0 Å². The largest absolute Gasteiger partial charge is 0.497 e. The molecule has 0 aliphatic heterocycles. The lowest BCUT2D eigenvalue weighted by Gasteiger charge is -2.30. The third-order valence-electron chi connectivity index (χ3n) is 5.09. The van der Waals surface area contributed by atoms with Crippen LogP contribution in [-0.4, -0.2) is 43.0 Å². The Balaban J connectivity index is 2.19. The number of nitrogens with one attached hydrogen (secondary N) is 1. The minimum absolute atomic E-state index is 0.130. The summed E-state index contributed by atoms with van der Waals surface area (Å²) < 4.78 is 11.0. The monoisotopic (exact) mass is 412 g/mol. The number of rotatable bonds is 10. The first-order valence-electron chi connectivity index (χ1n) is 10.3. The van der Waals surface area contributed by atoms with E-state index in [1.54, 1.807) is 12.0 Å². The summed E-state index contributed by atoms with van der Waals surface area (Å²) in [5.74, 6) is 0.988. The Morgan fingerprint density at radius 3 is 2.23 bits per heavy atom. The van der Waals surface area contributed by atoms with Crippen LogP contribution in [0.1, 0.15) is 37.0 Å². The summed E-state index contributed by atoms with van der Waals surface area (Å²) >= 11 is 0. The molecule has 162 valence electrons. The zero-order valence-electron chi connectivity index (χ0n) is 18.5. The van der Waals surface area contributed by atoms with Crippen LogP contribution in [0.25, 0.3) is 0 Å². The Morgan fingerprint density at radius 2 is 1.67 bits per heavy atom. The van der Waals surface area contributed by atoms with E-state index in [1.807, 2.05) is 70.2 Å². The van der Waals surface area contributed by atoms with E-state index in [-0.39, 0.29) is 18.4 Å². The molecule has 2 aromatic carbocycles. The van der Waals surface area contributed by atoms with E-state index >= 15 is 0 Å². The molecule has 0 aromatic heterocycles. The lowest BCUT2D eigenvalue weighted by atomic mass is 10.1. The number of hydrogen-bond donors (Lipinski definition) is 1. The van der Waals surface area contributed by atoms with Crippen molar-refractivity contribution in [2.24, 2.45) is 0 Å². The van der Waals surface area contributed by atoms with Crippen molar-refractivity contribution in [1.82, 2.24) is 10.2 Å². The predicted octanol–water partition coefficient (Wildman–Crippen LogP) is 3.63. The van der Waals surface area contributed by atoms with Gasteiger partial charge < -0.3 is 19.7 Å². The maximum atomic E-state index is 13.1. The van der Waals surface area contributed by atoms with Crippen LogP contribution >= 0.6 is 0 Å². The number of methoxy groups -OCH3 is 1. The predicted molar refractivity (Wildman–Crippen MR) is 118 cm³/mol. The molecule has 1 N–H and O–H groups in total. The summed E-state index contributed by atoms with van der Waals surface area (Å²) in [6.07, 6.45) is 0.511. The van der Waals surface area contributed by atoms with Gasteiger partial charge in [-0.05, 0) is 68.1 Å². The van der Waals surface area contributed by atoms with Gasteiger partial charge in [-0.25, -0.2) is 0 Å². The summed E-state index contributed by atoms with van der Waals surface area (Å²) in [5.41, 5.74) is 3.18. The highest BCUT2D eigenvalue weighted by atomic mass is 16.5. The van der Waals surface area contributed by atoms with Crippen LogP contribution < -0.4 is 14.8 Å². The second-order valence-electron chi connectivity index (χ2n) is 7.22. The van der Waals surface area contributed by atoms with Crippen LogP contribution in [0.15, 0.2) is 42.5 Å². The molecule has 0 spiro atoms. The van der Waals surface area contributed by atoms with Crippen molar-refractivity contribution >= 4 is 11.8 Å². The fourth-order valence-electron chi connectivity index (χ4n) is 3.17. The second-order valence-corrected chi connectivity index (χ2v) is 7.22. The third kappa shape index (κ3) is 6.24. The van der Waals surface area contributed by atoms with Crippen molar-refractivity contribution in [2.75, 3.05) is 20.3 Å². The van der Waals surface area contributed by atoms with Crippen molar-refractivity contribution in [3.05, 3.63) is 59.2 Å². The lowest BCUT2D eigenvalue weighted by Crippen LogP contribution is -2.50. The molecule has 6 nitrogen and oxygen atoms in total. The molecule has 0 unspecified atom stereocenters. The Kier molecular flexibility index (Phi) is 8.71. The van der Waals surface area contributed by atoms with Crippen molar-refractivity contribution in [2.45, 2.75) is 46.7 Å². The molecule has 1 atom stereocenters. The Bertz CT molecular complexity index is 849. The number of carbonyl (C=O) groups excluding carboxylic acids is 2. The molecule has 0 saturated heterocycles. The number of carbonyl (C=O) groups is 2. The van der Waals surface area contributed by atoms with Crippen molar-refractivity contribution in [1.29, 1.82) is 0 Å². The van der Waals surface area contributed by atoms with E-state index in [2.05, 4.69) is 5.32 Å². The number of benzene rings is 2. The van der Waals surface area contributed by atoms with Crippen LogP contribution in [-0.2, 0) is 16.1 Å².